The van der Waals surface area contributed by atoms with Crippen molar-refractivity contribution in [3.8, 4) is 0 Å². The van der Waals surface area contributed by atoms with Crippen molar-refractivity contribution in [3.63, 3.8) is 0 Å². The highest BCUT2D eigenvalue weighted by molar-refractivity contribution is 5.94. The maximum Gasteiger partial charge on any atom is 0.354 e. The Bertz CT molecular complexity index is 548. The molecular formula is C15H18N2O3. The number of hydrogen-bond acceptors (Lipinski definition) is 3. The molecule has 2 aliphatic carbocycles. The summed E-state index contributed by atoms with van der Waals surface area (Å²) in [4.78, 5) is 26.8. The maximum atomic E-state index is 12.1. The van der Waals surface area contributed by atoms with Crippen molar-refractivity contribution in [2.75, 3.05) is 6.54 Å². The minimum atomic E-state index is -1.12. The molecule has 106 valence electrons. The van der Waals surface area contributed by atoms with Crippen molar-refractivity contribution in [1.82, 2.24) is 10.3 Å². The monoisotopic (exact) mass is 274 g/mol. The summed E-state index contributed by atoms with van der Waals surface area (Å²) in [6.07, 6.45) is 6.20. The normalized spacial score (nSPS) is 20.0. The topological polar surface area (TPSA) is 79.3 Å². The molecular weight excluding hydrogens is 256 g/mol. The van der Waals surface area contributed by atoms with Crippen LogP contribution in [0, 0.1) is 11.3 Å². The predicted molar refractivity (Wildman–Crippen MR) is 72.5 cm³/mol. The number of hydrogen-bond donors (Lipinski definition) is 2. The maximum absolute atomic E-state index is 12.1. The second-order valence-corrected chi connectivity index (χ2v) is 5.89. The molecule has 3 rings (SSSR count). The molecule has 0 radical (unpaired) electrons. The molecule has 2 fully saturated rings. The molecule has 2 saturated carbocycles. The first-order valence-electron chi connectivity index (χ1n) is 7.09. The van der Waals surface area contributed by atoms with Crippen molar-refractivity contribution in [1.29, 1.82) is 0 Å². The molecule has 0 atom stereocenters. The van der Waals surface area contributed by atoms with Crippen molar-refractivity contribution >= 4 is 11.9 Å². The number of carboxylic acid groups (broad SMARTS) is 1. The minimum Gasteiger partial charge on any atom is -0.477 e. The second kappa shape index (κ2) is 4.89. The number of amides is 1. The number of carbonyl (C=O) groups is 2. The molecule has 0 aliphatic heterocycles. The number of carboxylic acids is 1. The second-order valence-electron chi connectivity index (χ2n) is 5.89. The lowest BCUT2D eigenvalue weighted by Crippen LogP contribution is -2.43. The third kappa shape index (κ3) is 2.40. The van der Waals surface area contributed by atoms with Crippen LogP contribution in [0.2, 0.25) is 0 Å². The number of rotatable bonds is 5. The first kappa shape index (κ1) is 13.1. The van der Waals surface area contributed by atoms with Gasteiger partial charge in [-0.2, -0.15) is 0 Å². The third-order valence-corrected chi connectivity index (χ3v) is 4.59. The molecule has 1 heterocycles. The summed E-state index contributed by atoms with van der Waals surface area (Å²) < 4.78 is 0. The summed E-state index contributed by atoms with van der Waals surface area (Å²) in [5, 5.41) is 11.8. The van der Waals surface area contributed by atoms with Crippen LogP contribution in [0.4, 0.5) is 0 Å². The highest BCUT2D eigenvalue weighted by Gasteiger charge is 2.48. The van der Waals surface area contributed by atoms with Crippen molar-refractivity contribution < 1.29 is 14.7 Å². The Morgan fingerprint density at radius 2 is 2.00 bits per heavy atom. The average Bonchev–Trinajstić information content (AvgIpc) is 3.22. The van der Waals surface area contributed by atoms with Gasteiger partial charge in [-0.05, 0) is 49.1 Å². The molecule has 2 aliphatic rings. The van der Waals surface area contributed by atoms with Gasteiger partial charge in [0.05, 0.1) is 0 Å². The van der Waals surface area contributed by atoms with Gasteiger partial charge in [0.2, 0.25) is 0 Å². The number of aromatic nitrogens is 1. The number of carbonyl (C=O) groups excluding carboxylic acids is 1. The van der Waals surface area contributed by atoms with Gasteiger partial charge in [-0.1, -0.05) is 12.5 Å². The summed E-state index contributed by atoms with van der Waals surface area (Å²) in [5.74, 6) is -0.622. The van der Waals surface area contributed by atoms with Crippen LogP contribution in [0.15, 0.2) is 18.2 Å². The molecule has 0 saturated heterocycles. The van der Waals surface area contributed by atoms with Crippen LogP contribution in [0.25, 0.3) is 0 Å². The smallest absolute Gasteiger partial charge is 0.354 e. The fraction of sp³-hybridized carbons (Fsp3) is 0.533. The third-order valence-electron chi connectivity index (χ3n) is 4.59. The summed E-state index contributed by atoms with van der Waals surface area (Å²) in [6.45, 7) is 0.690. The van der Waals surface area contributed by atoms with Crippen LogP contribution < -0.4 is 5.32 Å². The van der Waals surface area contributed by atoms with Gasteiger partial charge in [0.25, 0.3) is 5.91 Å². The van der Waals surface area contributed by atoms with Crippen molar-refractivity contribution in [2.45, 2.75) is 32.1 Å². The van der Waals surface area contributed by atoms with Crippen LogP contribution in [0.3, 0.4) is 0 Å². The van der Waals surface area contributed by atoms with Gasteiger partial charge in [0.15, 0.2) is 0 Å². The van der Waals surface area contributed by atoms with E-state index in [0.717, 1.165) is 5.92 Å². The van der Waals surface area contributed by atoms with Crippen LogP contribution in [0.1, 0.15) is 53.1 Å². The number of nitrogens with one attached hydrogen (secondary N) is 1. The van der Waals surface area contributed by atoms with E-state index in [9.17, 15) is 9.59 Å². The summed E-state index contributed by atoms with van der Waals surface area (Å²) in [5.41, 5.74) is 0.383. The summed E-state index contributed by atoms with van der Waals surface area (Å²) in [6, 6.07) is 4.48. The minimum absolute atomic E-state index is 0.0989. The molecule has 1 amide bonds. The van der Waals surface area contributed by atoms with Crippen LogP contribution in [-0.4, -0.2) is 28.5 Å². The molecule has 20 heavy (non-hydrogen) atoms. The van der Waals surface area contributed by atoms with E-state index in [0.29, 0.717) is 12.0 Å². The number of nitrogens with zero attached hydrogens (tertiary/aromatic N) is 1. The first-order valence-corrected chi connectivity index (χ1v) is 7.09. The molecule has 2 N–H and O–H groups in total. The Morgan fingerprint density at radius 1 is 1.30 bits per heavy atom. The zero-order chi connectivity index (χ0) is 14.2. The number of pyridine rings is 1. The van der Waals surface area contributed by atoms with E-state index in [4.69, 9.17) is 5.11 Å². The van der Waals surface area contributed by atoms with E-state index >= 15 is 0 Å². The molecule has 0 spiro atoms. The lowest BCUT2D eigenvalue weighted by molar-refractivity contribution is 0.0690. The van der Waals surface area contributed by atoms with Crippen molar-refractivity contribution in [2.24, 2.45) is 11.3 Å². The standard InChI is InChI=1S/C15H18N2O3/c18-13(11-3-1-4-12(17-11)14(19)20)16-9-15(7-2-8-15)10-5-6-10/h1,3-4,10H,2,5-9H2,(H,16,18)(H,19,20). The zero-order valence-corrected chi connectivity index (χ0v) is 11.3. The fourth-order valence-electron chi connectivity index (χ4n) is 3.08. The molecule has 1 aromatic heterocycles. The lowest BCUT2D eigenvalue weighted by Gasteiger charge is -2.42. The Morgan fingerprint density at radius 3 is 2.55 bits per heavy atom. The van der Waals surface area contributed by atoms with Gasteiger partial charge in [-0.15, -0.1) is 0 Å². The van der Waals surface area contributed by atoms with Gasteiger partial charge in [0.1, 0.15) is 11.4 Å². The predicted octanol–water partition coefficient (Wildman–Crippen LogP) is 2.09. The van der Waals surface area contributed by atoms with Crippen LogP contribution in [-0.2, 0) is 0 Å². The summed E-state index contributed by atoms with van der Waals surface area (Å²) >= 11 is 0. The van der Waals surface area contributed by atoms with Crippen LogP contribution >= 0.6 is 0 Å². The fourth-order valence-corrected chi connectivity index (χ4v) is 3.08. The van der Waals surface area contributed by atoms with E-state index in [1.54, 1.807) is 12.1 Å². The first-order chi connectivity index (χ1) is 9.61. The Kier molecular flexibility index (Phi) is 3.20. The lowest BCUT2D eigenvalue weighted by atomic mass is 9.65. The average molecular weight is 274 g/mol. The van der Waals surface area contributed by atoms with E-state index in [1.807, 2.05) is 0 Å². The van der Waals surface area contributed by atoms with Gasteiger partial charge in [-0.3, -0.25) is 4.79 Å². The SMILES string of the molecule is O=C(O)c1cccc(C(=O)NCC2(C3CC3)CCC2)n1. The quantitative estimate of drug-likeness (QED) is 0.861. The van der Waals surface area contributed by atoms with Crippen molar-refractivity contribution in [3.05, 3.63) is 29.6 Å². The van der Waals surface area contributed by atoms with Gasteiger partial charge in [0, 0.05) is 6.54 Å². The number of aromatic carboxylic acids is 1. The van der Waals surface area contributed by atoms with Gasteiger partial charge < -0.3 is 10.4 Å². The molecule has 5 heteroatoms. The van der Waals surface area contributed by atoms with E-state index in [-0.39, 0.29) is 17.3 Å². The Balaban J connectivity index is 1.64. The van der Waals surface area contributed by atoms with E-state index < -0.39 is 5.97 Å². The van der Waals surface area contributed by atoms with Gasteiger partial charge >= 0.3 is 5.97 Å². The molecule has 0 unspecified atom stereocenters. The Labute approximate surface area is 117 Å². The highest BCUT2D eigenvalue weighted by Crippen LogP contribution is 2.56. The zero-order valence-electron chi connectivity index (χ0n) is 11.3. The summed E-state index contributed by atoms with van der Waals surface area (Å²) in [7, 11) is 0. The molecule has 5 nitrogen and oxygen atoms in total. The highest BCUT2D eigenvalue weighted by atomic mass is 16.4. The van der Waals surface area contributed by atoms with Crippen LogP contribution in [0.5, 0.6) is 0 Å². The van der Waals surface area contributed by atoms with E-state index in [2.05, 4.69) is 10.3 Å². The largest absolute Gasteiger partial charge is 0.477 e. The molecule has 0 aromatic carbocycles. The molecule has 1 aromatic rings. The van der Waals surface area contributed by atoms with Gasteiger partial charge in [-0.25, -0.2) is 9.78 Å². The van der Waals surface area contributed by atoms with E-state index in [1.165, 1.54) is 38.2 Å². The molecule has 0 bridgehead atoms. The Hall–Kier alpha value is -1.91.